The molecule has 0 saturated heterocycles. The van der Waals surface area contributed by atoms with Crippen LogP contribution in [0, 0.1) is 0 Å². The van der Waals surface area contributed by atoms with Crippen molar-refractivity contribution in [2.24, 2.45) is 0 Å². The molecule has 0 aromatic heterocycles. The van der Waals surface area contributed by atoms with Gasteiger partial charge < -0.3 is 24.3 Å². The van der Waals surface area contributed by atoms with Crippen LogP contribution < -0.4 is 24.3 Å². The van der Waals surface area contributed by atoms with Gasteiger partial charge >= 0.3 is 0 Å². The van der Waals surface area contributed by atoms with E-state index < -0.39 is 0 Å². The summed E-state index contributed by atoms with van der Waals surface area (Å²) in [4.78, 5) is 13.5. The molecule has 160 valence electrons. The summed E-state index contributed by atoms with van der Waals surface area (Å²) < 4.78 is 22.5. The Bertz CT molecular complexity index is 1040. The number of carbonyl (C=O) groups is 1. The molecule has 1 amide bonds. The van der Waals surface area contributed by atoms with Crippen molar-refractivity contribution >= 4 is 23.4 Å². The number of hydrogen-bond donors (Lipinski definition) is 1. The van der Waals surface area contributed by atoms with Crippen molar-refractivity contribution in [3.05, 3.63) is 66.7 Å². The number of thioether (sulfide) groups is 1. The Kier molecular flexibility index (Phi) is 6.84. The molecule has 0 saturated carbocycles. The number of carbonyl (C=O) groups excluding carboxylic acids is 1. The van der Waals surface area contributed by atoms with Crippen molar-refractivity contribution in [1.29, 1.82) is 0 Å². The van der Waals surface area contributed by atoms with Crippen LogP contribution in [0.25, 0.3) is 0 Å². The lowest BCUT2D eigenvalue weighted by molar-refractivity contribution is -0.113. The van der Waals surface area contributed by atoms with Crippen molar-refractivity contribution in [2.45, 2.75) is 11.8 Å². The number of ether oxygens (including phenoxy) is 4. The van der Waals surface area contributed by atoms with Crippen LogP contribution in [0.2, 0.25) is 0 Å². The Balaban J connectivity index is 1.36. The molecule has 1 aliphatic heterocycles. The van der Waals surface area contributed by atoms with E-state index in [4.69, 9.17) is 18.9 Å². The first-order chi connectivity index (χ1) is 15.2. The third kappa shape index (κ3) is 5.64. The number of rotatable bonds is 8. The molecule has 31 heavy (non-hydrogen) atoms. The lowest BCUT2D eigenvalue weighted by Gasteiger charge is -2.18. The molecule has 0 fully saturated rings. The van der Waals surface area contributed by atoms with E-state index in [-0.39, 0.29) is 11.7 Å². The molecule has 0 unspecified atom stereocenters. The van der Waals surface area contributed by atoms with E-state index in [1.807, 2.05) is 73.7 Å². The fourth-order valence-electron chi connectivity index (χ4n) is 3.01. The lowest BCUT2D eigenvalue weighted by Crippen LogP contribution is -2.15. The van der Waals surface area contributed by atoms with Crippen molar-refractivity contribution in [1.82, 2.24) is 0 Å². The minimum atomic E-state index is -0.123. The molecule has 0 radical (unpaired) electrons. The van der Waals surface area contributed by atoms with Gasteiger partial charge in [0.25, 0.3) is 0 Å². The molecular formula is C24H23NO5S. The minimum absolute atomic E-state index is 0.123. The van der Waals surface area contributed by atoms with Gasteiger partial charge in [0.15, 0.2) is 17.2 Å². The second-order valence-electron chi connectivity index (χ2n) is 6.64. The Morgan fingerprint density at radius 1 is 0.968 bits per heavy atom. The Morgan fingerprint density at radius 2 is 1.71 bits per heavy atom. The van der Waals surface area contributed by atoms with Crippen LogP contribution in [0.1, 0.15) is 6.92 Å². The van der Waals surface area contributed by atoms with Gasteiger partial charge in [0.1, 0.15) is 24.7 Å². The molecule has 3 aromatic carbocycles. The fraction of sp³-hybridized carbons (Fsp3) is 0.208. The van der Waals surface area contributed by atoms with Crippen LogP contribution in [-0.4, -0.2) is 31.5 Å². The van der Waals surface area contributed by atoms with Crippen molar-refractivity contribution in [3.63, 3.8) is 0 Å². The zero-order chi connectivity index (χ0) is 21.5. The van der Waals surface area contributed by atoms with Gasteiger partial charge in [-0.15, -0.1) is 11.8 Å². The topological polar surface area (TPSA) is 66.0 Å². The number of fused-ring (bicyclic) bond motifs is 1. The maximum absolute atomic E-state index is 12.5. The summed E-state index contributed by atoms with van der Waals surface area (Å²) in [5.74, 6) is 3.61. The van der Waals surface area contributed by atoms with Crippen molar-refractivity contribution < 1.29 is 23.7 Å². The van der Waals surface area contributed by atoms with Crippen LogP contribution in [-0.2, 0) is 4.79 Å². The Morgan fingerprint density at radius 3 is 2.52 bits per heavy atom. The first-order valence-corrected chi connectivity index (χ1v) is 11.0. The van der Waals surface area contributed by atoms with Gasteiger partial charge in [-0.05, 0) is 61.5 Å². The van der Waals surface area contributed by atoms with Crippen LogP contribution >= 0.6 is 11.8 Å². The highest BCUT2D eigenvalue weighted by molar-refractivity contribution is 8.00. The van der Waals surface area contributed by atoms with E-state index in [0.29, 0.717) is 42.8 Å². The van der Waals surface area contributed by atoms with Gasteiger partial charge in [-0.25, -0.2) is 0 Å². The summed E-state index contributed by atoms with van der Waals surface area (Å²) in [6.45, 7) is 3.64. The van der Waals surface area contributed by atoms with E-state index in [1.165, 1.54) is 11.8 Å². The summed E-state index contributed by atoms with van der Waals surface area (Å²) in [6, 6.07) is 20.4. The molecule has 6 nitrogen and oxygen atoms in total. The fourth-order valence-corrected chi connectivity index (χ4v) is 3.73. The number of hydrogen-bond acceptors (Lipinski definition) is 6. The zero-order valence-corrected chi connectivity index (χ0v) is 17.9. The molecule has 1 aliphatic rings. The third-order valence-electron chi connectivity index (χ3n) is 4.41. The highest BCUT2D eigenvalue weighted by Crippen LogP contribution is 2.34. The molecule has 0 bridgehead atoms. The van der Waals surface area contributed by atoms with Crippen molar-refractivity contribution in [2.75, 3.05) is 30.9 Å². The van der Waals surface area contributed by atoms with Crippen LogP contribution in [0.4, 0.5) is 5.69 Å². The Hall–Kier alpha value is -3.32. The second kappa shape index (κ2) is 10.1. The maximum Gasteiger partial charge on any atom is 0.234 e. The predicted octanol–water partition coefficient (Wildman–Crippen LogP) is 5.38. The van der Waals surface area contributed by atoms with Gasteiger partial charge in [-0.2, -0.15) is 0 Å². The molecule has 0 aliphatic carbocycles. The van der Waals surface area contributed by atoms with Gasteiger partial charge in [0.2, 0.25) is 5.91 Å². The lowest BCUT2D eigenvalue weighted by atomic mass is 10.2. The number of anilines is 1. The molecule has 0 atom stereocenters. The number of nitrogens with one attached hydrogen (secondary N) is 1. The molecule has 1 N–H and O–H groups in total. The van der Waals surface area contributed by atoms with E-state index >= 15 is 0 Å². The van der Waals surface area contributed by atoms with E-state index in [9.17, 15) is 4.79 Å². The molecular weight excluding hydrogens is 414 g/mol. The third-order valence-corrected chi connectivity index (χ3v) is 5.40. The average Bonchev–Trinajstić information content (AvgIpc) is 2.80. The van der Waals surface area contributed by atoms with Crippen LogP contribution in [0.3, 0.4) is 0 Å². The van der Waals surface area contributed by atoms with Gasteiger partial charge in [-0.1, -0.05) is 12.1 Å². The quantitative estimate of drug-likeness (QED) is 0.477. The summed E-state index contributed by atoms with van der Waals surface area (Å²) in [7, 11) is 0. The summed E-state index contributed by atoms with van der Waals surface area (Å²) >= 11 is 1.43. The first kappa shape index (κ1) is 20.9. The number of amides is 1. The number of para-hydroxylation sites is 2. The van der Waals surface area contributed by atoms with Gasteiger partial charge in [-0.3, -0.25) is 4.79 Å². The Labute approximate surface area is 185 Å². The smallest absolute Gasteiger partial charge is 0.234 e. The van der Waals surface area contributed by atoms with Gasteiger partial charge in [0, 0.05) is 4.90 Å². The van der Waals surface area contributed by atoms with E-state index in [1.54, 1.807) is 0 Å². The van der Waals surface area contributed by atoms with Crippen LogP contribution in [0.5, 0.6) is 28.7 Å². The standard InChI is InChI=1S/C24H23NO5S/c1-2-27-17-7-9-18(10-8-17)30-21-6-4-3-5-20(21)25-24(26)16-31-19-11-12-22-23(15-19)29-14-13-28-22/h3-12,15H,2,13-14,16H2,1H3,(H,25,26). The molecule has 4 rings (SSSR count). The SMILES string of the molecule is CCOc1ccc(Oc2ccccc2NC(=O)CSc2ccc3c(c2)OCCO3)cc1. The molecule has 7 heteroatoms. The maximum atomic E-state index is 12.5. The second-order valence-corrected chi connectivity index (χ2v) is 7.69. The van der Waals surface area contributed by atoms with Gasteiger partial charge in [0.05, 0.1) is 18.0 Å². The molecule has 0 spiro atoms. The molecule has 3 aromatic rings. The van der Waals surface area contributed by atoms with Crippen LogP contribution in [0.15, 0.2) is 71.6 Å². The summed E-state index contributed by atoms with van der Waals surface area (Å²) in [5.41, 5.74) is 0.615. The van der Waals surface area contributed by atoms with E-state index in [2.05, 4.69) is 5.32 Å². The number of benzene rings is 3. The predicted molar refractivity (Wildman–Crippen MR) is 121 cm³/mol. The average molecular weight is 438 g/mol. The normalized spacial score (nSPS) is 12.2. The highest BCUT2D eigenvalue weighted by Gasteiger charge is 2.13. The zero-order valence-electron chi connectivity index (χ0n) is 17.1. The summed E-state index contributed by atoms with van der Waals surface area (Å²) in [5, 5.41) is 2.93. The highest BCUT2D eigenvalue weighted by atomic mass is 32.2. The largest absolute Gasteiger partial charge is 0.494 e. The summed E-state index contributed by atoms with van der Waals surface area (Å²) in [6.07, 6.45) is 0. The minimum Gasteiger partial charge on any atom is -0.494 e. The van der Waals surface area contributed by atoms with Crippen molar-refractivity contribution in [3.8, 4) is 28.7 Å². The molecule has 1 heterocycles. The monoisotopic (exact) mass is 437 g/mol. The first-order valence-electron chi connectivity index (χ1n) is 10.0. The van der Waals surface area contributed by atoms with E-state index in [0.717, 1.165) is 16.4 Å².